The van der Waals surface area contributed by atoms with Gasteiger partial charge in [-0.1, -0.05) is 23.7 Å². The first-order valence-corrected chi connectivity index (χ1v) is 10.9. The first-order chi connectivity index (χ1) is 12.0. The van der Waals surface area contributed by atoms with Gasteiger partial charge in [0.25, 0.3) is 0 Å². The van der Waals surface area contributed by atoms with Crippen LogP contribution in [0.1, 0.15) is 45.2 Å². The Balaban J connectivity index is 2.20. The molecule has 1 fully saturated rings. The fraction of sp³-hybridized carbons (Fsp3) is 0.611. The van der Waals surface area contributed by atoms with Gasteiger partial charge >= 0.3 is 6.09 Å². The lowest BCUT2D eigenvalue weighted by atomic mass is 10.0. The maximum Gasteiger partial charge on any atom is 0.410 e. The van der Waals surface area contributed by atoms with Crippen LogP contribution in [-0.4, -0.2) is 55.2 Å². The van der Waals surface area contributed by atoms with E-state index in [9.17, 15) is 13.2 Å². The van der Waals surface area contributed by atoms with E-state index in [-0.39, 0.29) is 12.6 Å². The molecular weight excluding hydrogens is 376 g/mol. The molecule has 8 heteroatoms. The normalized spacial score (nSPS) is 20.3. The van der Waals surface area contributed by atoms with Crippen LogP contribution >= 0.6 is 11.6 Å². The van der Waals surface area contributed by atoms with Crippen molar-refractivity contribution in [1.82, 2.24) is 9.21 Å². The van der Waals surface area contributed by atoms with Crippen molar-refractivity contribution in [1.29, 1.82) is 0 Å². The second kappa shape index (κ2) is 8.15. The van der Waals surface area contributed by atoms with E-state index in [1.165, 1.54) is 10.6 Å². The first-order valence-electron chi connectivity index (χ1n) is 8.67. The van der Waals surface area contributed by atoms with Gasteiger partial charge in [0.15, 0.2) is 0 Å². The highest BCUT2D eigenvalue weighted by Crippen LogP contribution is 2.30. The molecule has 0 aromatic heterocycles. The van der Waals surface area contributed by atoms with Gasteiger partial charge in [-0.15, -0.1) is 0 Å². The minimum Gasteiger partial charge on any atom is -0.444 e. The number of ether oxygens (including phenoxy) is 1. The molecular formula is C18H27ClN2O4S. The summed E-state index contributed by atoms with van der Waals surface area (Å²) in [5.41, 5.74) is 0.326. The second-order valence-electron chi connectivity index (χ2n) is 7.55. The lowest BCUT2D eigenvalue weighted by Gasteiger charge is -2.36. The van der Waals surface area contributed by atoms with Gasteiger partial charge in [-0.2, -0.15) is 4.31 Å². The number of rotatable bonds is 2. The molecule has 1 heterocycles. The number of carbonyl (C=O) groups excluding carboxylic acids is 1. The van der Waals surface area contributed by atoms with Crippen LogP contribution in [0.2, 0.25) is 5.02 Å². The van der Waals surface area contributed by atoms with Gasteiger partial charge in [0.1, 0.15) is 5.60 Å². The molecule has 1 aliphatic heterocycles. The van der Waals surface area contributed by atoms with Crippen LogP contribution in [0.25, 0.3) is 0 Å². The molecule has 0 aliphatic carbocycles. The Morgan fingerprint density at radius 1 is 1.15 bits per heavy atom. The SMILES string of the molecule is CC(C)(C)OC(=O)N1CCC[C@@H](c2ccc(Cl)cc2)N(S(C)(=O)=O)CC1. The number of nitrogens with zero attached hydrogens (tertiary/aromatic N) is 2. The van der Waals surface area contributed by atoms with Gasteiger partial charge < -0.3 is 9.64 Å². The molecule has 6 nitrogen and oxygen atoms in total. The lowest BCUT2D eigenvalue weighted by molar-refractivity contribution is 0.0215. The molecule has 0 spiro atoms. The predicted molar refractivity (Wildman–Crippen MR) is 103 cm³/mol. The van der Waals surface area contributed by atoms with Gasteiger partial charge in [0.05, 0.1) is 6.26 Å². The molecule has 0 unspecified atom stereocenters. The summed E-state index contributed by atoms with van der Waals surface area (Å²) in [5.74, 6) is 0. The fourth-order valence-electron chi connectivity index (χ4n) is 3.03. The largest absolute Gasteiger partial charge is 0.444 e. The van der Waals surface area contributed by atoms with Crippen molar-refractivity contribution in [3.8, 4) is 0 Å². The van der Waals surface area contributed by atoms with Crippen molar-refractivity contribution in [3.05, 3.63) is 34.9 Å². The highest BCUT2D eigenvalue weighted by atomic mass is 35.5. The van der Waals surface area contributed by atoms with Gasteiger partial charge in [-0.05, 0) is 51.3 Å². The monoisotopic (exact) mass is 402 g/mol. The van der Waals surface area contributed by atoms with Gasteiger partial charge in [-0.3, -0.25) is 0 Å². The molecule has 2 rings (SSSR count). The van der Waals surface area contributed by atoms with E-state index in [4.69, 9.17) is 16.3 Å². The topological polar surface area (TPSA) is 66.9 Å². The number of benzene rings is 1. The molecule has 1 saturated heterocycles. The van der Waals surface area contributed by atoms with Crippen molar-refractivity contribution < 1.29 is 17.9 Å². The molecule has 1 amide bonds. The van der Waals surface area contributed by atoms with E-state index in [0.29, 0.717) is 31.0 Å². The number of carbonyl (C=O) groups is 1. The number of amides is 1. The standard InChI is InChI=1S/C18H27ClN2O4S/c1-18(2,3)25-17(22)20-11-5-6-16(14-7-9-15(19)10-8-14)21(13-12-20)26(4,23)24/h7-10,16H,5-6,11-13H2,1-4H3/t16-/m0/s1. The molecule has 0 saturated carbocycles. The number of halogens is 1. The third-order valence-electron chi connectivity index (χ3n) is 4.18. The summed E-state index contributed by atoms with van der Waals surface area (Å²) in [5, 5.41) is 0.613. The average molecular weight is 403 g/mol. The molecule has 0 N–H and O–H groups in total. The zero-order chi connectivity index (χ0) is 19.5. The molecule has 1 aromatic carbocycles. The van der Waals surface area contributed by atoms with Crippen LogP contribution in [0, 0.1) is 0 Å². The van der Waals surface area contributed by atoms with E-state index in [0.717, 1.165) is 5.56 Å². The highest BCUT2D eigenvalue weighted by molar-refractivity contribution is 7.88. The molecule has 1 atom stereocenters. The third kappa shape index (κ3) is 5.86. The number of hydrogen-bond acceptors (Lipinski definition) is 4. The molecule has 26 heavy (non-hydrogen) atoms. The quantitative estimate of drug-likeness (QED) is 0.756. The van der Waals surface area contributed by atoms with E-state index in [1.807, 2.05) is 32.9 Å². The van der Waals surface area contributed by atoms with Crippen LogP contribution in [0.5, 0.6) is 0 Å². The van der Waals surface area contributed by atoms with Gasteiger partial charge in [0, 0.05) is 30.7 Å². The molecule has 1 aliphatic rings. The summed E-state index contributed by atoms with van der Waals surface area (Å²) < 4.78 is 31.6. The van der Waals surface area contributed by atoms with Crippen LogP contribution in [0.15, 0.2) is 24.3 Å². The fourth-order valence-corrected chi connectivity index (χ4v) is 4.26. The number of hydrogen-bond donors (Lipinski definition) is 0. The Hall–Kier alpha value is -1.31. The summed E-state index contributed by atoms with van der Waals surface area (Å²) in [7, 11) is -3.44. The predicted octanol–water partition coefficient (Wildman–Crippen LogP) is 3.67. The van der Waals surface area contributed by atoms with E-state index in [2.05, 4.69) is 0 Å². The minimum absolute atomic E-state index is 0.228. The maximum absolute atomic E-state index is 12.4. The molecule has 146 valence electrons. The van der Waals surface area contributed by atoms with Crippen molar-refractivity contribution in [2.45, 2.75) is 45.3 Å². The average Bonchev–Trinajstić information content (AvgIpc) is 2.45. The van der Waals surface area contributed by atoms with Crippen LogP contribution in [0.4, 0.5) is 4.79 Å². The second-order valence-corrected chi connectivity index (χ2v) is 9.92. The van der Waals surface area contributed by atoms with E-state index in [1.54, 1.807) is 17.0 Å². The lowest BCUT2D eigenvalue weighted by Crippen LogP contribution is -2.46. The zero-order valence-electron chi connectivity index (χ0n) is 15.7. The van der Waals surface area contributed by atoms with E-state index >= 15 is 0 Å². The highest BCUT2D eigenvalue weighted by Gasteiger charge is 2.32. The summed E-state index contributed by atoms with van der Waals surface area (Å²) in [4.78, 5) is 13.9. The van der Waals surface area contributed by atoms with Crippen molar-refractivity contribution in [2.24, 2.45) is 0 Å². The summed E-state index contributed by atoms with van der Waals surface area (Å²) in [6.07, 6.45) is 2.10. The van der Waals surface area contributed by atoms with Crippen molar-refractivity contribution >= 4 is 27.7 Å². The Bertz CT molecular complexity index is 729. The first kappa shape index (κ1) is 21.0. The summed E-state index contributed by atoms with van der Waals surface area (Å²) in [6, 6.07) is 6.99. The van der Waals surface area contributed by atoms with Gasteiger partial charge in [-0.25, -0.2) is 13.2 Å². The third-order valence-corrected chi connectivity index (χ3v) is 5.72. The molecule has 1 aromatic rings. The molecule has 0 bridgehead atoms. The van der Waals surface area contributed by atoms with Crippen LogP contribution in [-0.2, 0) is 14.8 Å². The van der Waals surface area contributed by atoms with Crippen LogP contribution in [0.3, 0.4) is 0 Å². The Morgan fingerprint density at radius 3 is 2.31 bits per heavy atom. The van der Waals surface area contributed by atoms with E-state index < -0.39 is 21.7 Å². The molecule has 0 radical (unpaired) electrons. The Kier molecular flexibility index (Phi) is 6.58. The number of sulfonamides is 1. The van der Waals surface area contributed by atoms with Gasteiger partial charge in [0.2, 0.25) is 10.0 Å². The van der Waals surface area contributed by atoms with Crippen molar-refractivity contribution in [3.63, 3.8) is 0 Å². The van der Waals surface area contributed by atoms with Crippen molar-refractivity contribution in [2.75, 3.05) is 25.9 Å². The Morgan fingerprint density at radius 2 is 1.77 bits per heavy atom. The maximum atomic E-state index is 12.4. The van der Waals surface area contributed by atoms with Crippen LogP contribution < -0.4 is 0 Å². The minimum atomic E-state index is -3.44. The zero-order valence-corrected chi connectivity index (χ0v) is 17.3. The smallest absolute Gasteiger partial charge is 0.410 e. The summed E-state index contributed by atoms with van der Waals surface area (Å²) in [6.45, 7) is 6.50. The Labute approximate surface area is 161 Å². The summed E-state index contributed by atoms with van der Waals surface area (Å²) >= 11 is 5.95.